The third-order valence-corrected chi connectivity index (χ3v) is 6.52. The number of rotatable bonds is 6. The van der Waals surface area contributed by atoms with Gasteiger partial charge in [-0.05, 0) is 49.6 Å². The van der Waals surface area contributed by atoms with Crippen LogP contribution in [0.3, 0.4) is 0 Å². The first-order valence-electron chi connectivity index (χ1n) is 7.28. The van der Waals surface area contributed by atoms with Gasteiger partial charge in [-0.25, -0.2) is 0 Å². The summed E-state index contributed by atoms with van der Waals surface area (Å²) in [4.78, 5) is 0. The Morgan fingerprint density at radius 3 is 2.25 bits per heavy atom. The van der Waals surface area contributed by atoms with Crippen LogP contribution in [0.15, 0.2) is 30.3 Å². The van der Waals surface area contributed by atoms with Crippen LogP contribution in [-0.4, -0.2) is 18.7 Å². The van der Waals surface area contributed by atoms with E-state index in [4.69, 9.17) is 38.0 Å². The zero-order valence-electron chi connectivity index (χ0n) is 11.5. The Bertz CT molecular complexity index is 386. The maximum Gasteiger partial charge on any atom is 0.341 e. The van der Waals surface area contributed by atoms with E-state index in [2.05, 4.69) is 30.3 Å². The first-order chi connectivity index (χ1) is 9.54. The fourth-order valence-corrected chi connectivity index (χ4v) is 4.56. The molecule has 20 heavy (non-hydrogen) atoms. The van der Waals surface area contributed by atoms with Gasteiger partial charge in [0.25, 0.3) is 0 Å². The van der Waals surface area contributed by atoms with Crippen LogP contribution in [0.4, 0.5) is 0 Å². The predicted octanol–water partition coefficient (Wildman–Crippen LogP) is 5.77. The lowest BCUT2D eigenvalue weighted by atomic mass is 9.83. The van der Waals surface area contributed by atoms with Crippen LogP contribution in [0.25, 0.3) is 0 Å². The molecule has 0 heterocycles. The van der Waals surface area contributed by atoms with Crippen molar-refractivity contribution in [3.05, 3.63) is 35.9 Å². The highest BCUT2D eigenvalue weighted by molar-refractivity contribution is 7.64. The average Bonchev–Trinajstić information content (AvgIpc) is 2.44. The van der Waals surface area contributed by atoms with Crippen molar-refractivity contribution in [3.63, 3.8) is 0 Å². The zero-order chi connectivity index (χ0) is 14.4. The SMILES string of the molecule is Cl[Si](Cl)(Cl)CCCOC1CCC(c2ccccc2)CC1. The van der Waals surface area contributed by atoms with Gasteiger partial charge in [0.2, 0.25) is 0 Å². The molecule has 0 aliphatic heterocycles. The lowest BCUT2D eigenvalue weighted by molar-refractivity contribution is 0.0251. The molecule has 2 rings (SSSR count). The largest absolute Gasteiger partial charge is 0.378 e. The van der Waals surface area contributed by atoms with Crippen LogP contribution < -0.4 is 0 Å². The van der Waals surface area contributed by atoms with Crippen molar-refractivity contribution in [2.75, 3.05) is 6.61 Å². The van der Waals surface area contributed by atoms with E-state index in [1.807, 2.05) is 0 Å². The van der Waals surface area contributed by atoms with Crippen molar-refractivity contribution < 1.29 is 4.74 Å². The summed E-state index contributed by atoms with van der Waals surface area (Å²) in [5, 5.41) is 0. The molecular formula is C15H21Cl3OSi. The Morgan fingerprint density at radius 2 is 1.65 bits per heavy atom. The van der Waals surface area contributed by atoms with Crippen molar-refractivity contribution in [3.8, 4) is 0 Å². The smallest absolute Gasteiger partial charge is 0.341 e. The van der Waals surface area contributed by atoms with Crippen molar-refractivity contribution in [1.82, 2.24) is 0 Å². The van der Waals surface area contributed by atoms with Crippen LogP contribution in [-0.2, 0) is 4.74 Å². The van der Waals surface area contributed by atoms with Gasteiger partial charge in [-0.1, -0.05) is 30.3 Å². The van der Waals surface area contributed by atoms with Crippen LogP contribution >= 0.6 is 33.2 Å². The van der Waals surface area contributed by atoms with E-state index < -0.39 is 6.00 Å². The predicted molar refractivity (Wildman–Crippen MR) is 90.1 cm³/mol. The van der Waals surface area contributed by atoms with Crippen LogP contribution in [0.5, 0.6) is 0 Å². The summed E-state index contributed by atoms with van der Waals surface area (Å²) >= 11 is 17.6. The number of benzene rings is 1. The van der Waals surface area contributed by atoms with Crippen LogP contribution in [0, 0.1) is 0 Å². The quantitative estimate of drug-likeness (QED) is 0.359. The Kier molecular flexibility index (Phi) is 6.69. The Balaban J connectivity index is 1.65. The molecule has 0 radical (unpaired) electrons. The molecule has 0 amide bonds. The zero-order valence-corrected chi connectivity index (χ0v) is 14.8. The maximum absolute atomic E-state index is 5.91. The number of halogens is 3. The molecule has 0 spiro atoms. The summed E-state index contributed by atoms with van der Waals surface area (Å²) in [6.45, 7) is 0.724. The molecular weight excluding hydrogens is 331 g/mol. The van der Waals surface area contributed by atoms with Gasteiger partial charge in [0.1, 0.15) is 0 Å². The van der Waals surface area contributed by atoms with E-state index >= 15 is 0 Å². The molecule has 112 valence electrons. The third-order valence-electron chi connectivity index (χ3n) is 3.90. The highest BCUT2D eigenvalue weighted by Crippen LogP contribution is 2.34. The van der Waals surface area contributed by atoms with Crippen molar-refractivity contribution in [1.29, 1.82) is 0 Å². The first kappa shape index (κ1) is 16.6. The number of hydrogen-bond donors (Lipinski definition) is 0. The molecule has 1 aromatic rings. The molecule has 0 N–H and O–H groups in total. The van der Waals surface area contributed by atoms with E-state index in [0.717, 1.165) is 25.9 Å². The van der Waals surface area contributed by atoms with Crippen molar-refractivity contribution >= 4 is 39.2 Å². The van der Waals surface area contributed by atoms with Gasteiger partial charge >= 0.3 is 6.00 Å². The molecule has 0 aromatic heterocycles. The topological polar surface area (TPSA) is 9.23 Å². The molecule has 5 heteroatoms. The molecule has 1 aliphatic rings. The van der Waals surface area contributed by atoms with E-state index in [1.165, 1.54) is 18.4 Å². The second-order valence-corrected chi connectivity index (χ2v) is 14.8. The summed E-state index contributed by atoms with van der Waals surface area (Å²) in [5.41, 5.74) is 1.47. The molecule has 0 unspecified atom stereocenters. The van der Waals surface area contributed by atoms with Gasteiger partial charge in [-0.3, -0.25) is 0 Å². The van der Waals surface area contributed by atoms with Crippen LogP contribution in [0.1, 0.15) is 43.6 Å². The maximum atomic E-state index is 5.91. The lowest BCUT2D eigenvalue weighted by Gasteiger charge is -2.29. The second-order valence-electron chi connectivity index (χ2n) is 5.47. The molecule has 1 nitrogen and oxygen atoms in total. The Hall–Kier alpha value is 0.267. The van der Waals surface area contributed by atoms with Crippen molar-refractivity contribution in [2.45, 2.75) is 50.2 Å². The summed E-state index contributed by atoms with van der Waals surface area (Å²) < 4.78 is 5.91. The summed E-state index contributed by atoms with van der Waals surface area (Å²) in [7, 11) is 0. The monoisotopic (exact) mass is 350 g/mol. The van der Waals surface area contributed by atoms with Gasteiger partial charge in [0.15, 0.2) is 0 Å². The second kappa shape index (κ2) is 8.05. The molecule has 1 aromatic carbocycles. The third kappa shape index (κ3) is 5.95. The van der Waals surface area contributed by atoms with Gasteiger partial charge in [-0.15, -0.1) is 33.2 Å². The van der Waals surface area contributed by atoms with Crippen molar-refractivity contribution in [2.24, 2.45) is 0 Å². The van der Waals surface area contributed by atoms with Gasteiger partial charge < -0.3 is 4.74 Å². The highest BCUT2D eigenvalue weighted by Gasteiger charge is 2.25. The average molecular weight is 352 g/mol. The van der Waals surface area contributed by atoms with Crippen LogP contribution in [0.2, 0.25) is 6.04 Å². The van der Waals surface area contributed by atoms with E-state index in [-0.39, 0.29) is 0 Å². The highest BCUT2D eigenvalue weighted by atomic mass is 35.8. The van der Waals surface area contributed by atoms with E-state index in [1.54, 1.807) is 0 Å². The molecule has 1 saturated carbocycles. The minimum atomic E-state index is -2.46. The minimum absolute atomic E-state index is 0.395. The van der Waals surface area contributed by atoms with E-state index in [0.29, 0.717) is 18.1 Å². The van der Waals surface area contributed by atoms with E-state index in [9.17, 15) is 0 Å². The van der Waals surface area contributed by atoms with Gasteiger partial charge in [0, 0.05) is 6.61 Å². The minimum Gasteiger partial charge on any atom is -0.378 e. The molecule has 0 bridgehead atoms. The lowest BCUT2D eigenvalue weighted by Crippen LogP contribution is -2.22. The molecule has 0 saturated heterocycles. The standard InChI is InChI=1S/C15H21Cl3OSi/c16-20(17,18)12-4-11-19-15-9-7-14(8-10-15)13-5-2-1-3-6-13/h1-3,5-6,14-15H,4,7-12H2. The number of hydrogen-bond acceptors (Lipinski definition) is 1. The normalized spacial score (nSPS) is 23.8. The Labute approximate surface area is 136 Å². The van der Waals surface area contributed by atoms with Gasteiger partial charge in [-0.2, -0.15) is 0 Å². The first-order valence-corrected chi connectivity index (χ1v) is 12.5. The summed E-state index contributed by atoms with van der Waals surface area (Å²) in [6, 6.07) is 9.02. The number of ether oxygens (including phenoxy) is 1. The molecule has 1 fully saturated rings. The summed E-state index contributed by atoms with van der Waals surface area (Å²) in [5.74, 6) is 0.699. The summed E-state index contributed by atoms with van der Waals surface area (Å²) in [6.07, 6.45) is 5.98. The fourth-order valence-electron chi connectivity index (χ4n) is 2.81. The molecule has 1 aliphatic carbocycles. The molecule has 0 atom stereocenters. The Morgan fingerprint density at radius 1 is 1.00 bits per heavy atom. The van der Waals surface area contributed by atoms with Gasteiger partial charge in [0.05, 0.1) is 6.10 Å². The fraction of sp³-hybridized carbons (Fsp3) is 0.600.